The summed E-state index contributed by atoms with van der Waals surface area (Å²) in [7, 11) is 3.23. The first kappa shape index (κ1) is 25.8. The van der Waals surface area contributed by atoms with Crippen molar-refractivity contribution in [1.29, 1.82) is 0 Å². The molecule has 3 aromatic rings. The van der Waals surface area contributed by atoms with E-state index in [9.17, 15) is 4.79 Å². The maximum Gasteiger partial charge on any atom is 0.206 e. The summed E-state index contributed by atoms with van der Waals surface area (Å²) in [6.07, 6.45) is 9.26. The Bertz CT molecular complexity index is 1240. The third-order valence-electron chi connectivity index (χ3n) is 8.05. The highest BCUT2D eigenvalue weighted by atomic mass is 16.7. The summed E-state index contributed by atoms with van der Waals surface area (Å²) in [5, 5.41) is 8.50. The molecule has 37 heavy (non-hydrogen) atoms. The van der Waals surface area contributed by atoms with Gasteiger partial charge in [0.1, 0.15) is 0 Å². The van der Waals surface area contributed by atoms with Crippen molar-refractivity contribution in [3.63, 3.8) is 0 Å². The largest absolute Gasteiger partial charge is 0.384 e. The van der Waals surface area contributed by atoms with Crippen LogP contribution >= 0.6 is 0 Å². The minimum absolute atomic E-state index is 0.0868. The summed E-state index contributed by atoms with van der Waals surface area (Å²) in [6, 6.07) is 16.1. The van der Waals surface area contributed by atoms with Crippen molar-refractivity contribution in [3.8, 4) is 0 Å². The molecule has 0 radical (unpaired) electrons. The summed E-state index contributed by atoms with van der Waals surface area (Å²) in [5.41, 5.74) is 6.66. The van der Waals surface area contributed by atoms with Crippen LogP contribution in [-0.2, 0) is 28.1 Å². The number of ketones is 1. The molecule has 0 saturated heterocycles. The Kier molecular flexibility index (Phi) is 8.18. The predicted octanol–water partition coefficient (Wildman–Crippen LogP) is 5.63. The zero-order valence-corrected chi connectivity index (χ0v) is 22.1. The quantitative estimate of drug-likeness (QED) is 0.247. The minimum atomic E-state index is -1.01. The van der Waals surface area contributed by atoms with Gasteiger partial charge in [0.15, 0.2) is 5.78 Å². The summed E-state index contributed by atoms with van der Waals surface area (Å²) in [5.74, 6) is -1.31. The van der Waals surface area contributed by atoms with Crippen LogP contribution in [-0.4, -0.2) is 44.6 Å². The number of hydrogen-bond acceptors (Lipinski definition) is 6. The first-order valence-electron chi connectivity index (χ1n) is 13.8. The Labute approximate surface area is 220 Å². The Morgan fingerprint density at radius 2 is 1.65 bits per heavy atom. The zero-order valence-electron chi connectivity index (χ0n) is 22.1. The molecule has 196 valence electrons. The number of anilines is 1. The molecule has 2 aromatic carbocycles. The van der Waals surface area contributed by atoms with E-state index in [-0.39, 0.29) is 11.7 Å². The van der Waals surface area contributed by atoms with Crippen LogP contribution in [0.2, 0.25) is 0 Å². The second-order valence-corrected chi connectivity index (χ2v) is 10.2. The number of nitrogens with one attached hydrogen (secondary N) is 2. The molecule has 6 nitrogen and oxygen atoms in total. The number of hydrogen-bond donors (Lipinski definition) is 2. The molecular weight excluding hydrogens is 462 g/mol. The van der Waals surface area contributed by atoms with Crippen molar-refractivity contribution in [2.75, 3.05) is 39.2 Å². The van der Waals surface area contributed by atoms with E-state index in [0.29, 0.717) is 12.1 Å². The zero-order chi connectivity index (χ0) is 25.7. The first-order valence-corrected chi connectivity index (χ1v) is 13.8. The van der Waals surface area contributed by atoms with Gasteiger partial charge in [-0.3, -0.25) is 9.78 Å². The molecule has 0 spiro atoms. The van der Waals surface area contributed by atoms with Crippen LogP contribution < -0.4 is 10.6 Å². The number of aromatic nitrogens is 1. The monoisotopic (exact) mass is 501 g/mol. The van der Waals surface area contributed by atoms with E-state index in [2.05, 4.69) is 34.9 Å². The second-order valence-electron chi connectivity index (χ2n) is 10.2. The highest BCUT2D eigenvalue weighted by molar-refractivity contribution is 6.03. The lowest BCUT2D eigenvalue weighted by Crippen LogP contribution is -2.43. The average molecular weight is 502 g/mol. The number of unbranched alkanes of at least 4 members (excludes halogenated alkanes) is 3. The molecule has 1 heterocycles. The number of aryl methyl sites for hydroxylation is 1. The molecule has 0 bridgehead atoms. The number of para-hydroxylation sites is 1. The van der Waals surface area contributed by atoms with Crippen LogP contribution in [0, 0.1) is 5.92 Å². The molecule has 2 aliphatic rings. The van der Waals surface area contributed by atoms with Crippen LogP contribution in [0.4, 0.5) is 5.69 Å². The number of fused-ring (bicyclic) bond motifs is 3. The van der Waals surface area contributed by atoms with Gasteiger partial charge in [-0.15, -0.1) is 0 Å². The fourth-order valence-electron chi connectivity index (χ4n) is 6.13. The second kappa shape index (κ2) is 11.7. The van der Waals surface area contributed by atoms with Gasteiger partial charge in [0.25, 0.3) is 0 Å². The maximum atomic E-state index is 13.0. The van der Waals surface area contributed by atoms with Gasteiger partial charge in [0, 0.05) is 55.2 Å². The van der Waals surface area contributed by atoms with E-state index in [1.165, 1.54) is 41.6 Å². The first-order chi connectivity index (χ1) is 18.2. The summed E-state index contributed by atoms with van der Waals surface area (Å²) in [6.45, 7) is 2.39. The van der Waals surface area contributed by atoms with E-state index >= 15 is 0 Å². The van der Waals surface area contributed by atoms with Crippen molar-refractivity contribution < 1.29 is 14.3 Å². The van der Waals surface area contributed by atoms with Crippen molar-refractivity contribution in [3.05, 3.63) is 70.9 Å². The fourth-order valence-corrected chi connectivity index (χ4v) is 6.13. The summed E-state index contributed by atoms with van der Waals surface area (Å²) < 4.78 is 11.6. The van der Waals surface area contributed by atoms with Crippen molar-refractivity contribution in [2.45, 2.75) is 57.2 Å². The van der Waals surface area contributed by atoms with Crippen molar-refractivity contribution in [1.82, 2.24) is 10.3 Å². The molecule has 0 saturated carbocycles. The van der Waals surface area contributed by atoms with E-state index in [4.69, 9.17) is 14.5 Å². The molecule has 0 amide bonds. The van der Waals surface area contributed by atoms with Crippen molar-refractivity contribution >= 4 is 22.4 Å². The van der Waals surface area contributed by atoms with E-state index in [0.717, 1.165) is 56.3 Å². The third kappa shape index (κ3) is 5.02. The van der Waals surface area contributed by atoms with Gasteiger partial charge in [0.05, 0.1) is 11.4 Å². The highest BCUT2D eigenvalue weighted by Crippen LogP contribution is 2.44. The molecule has 1 unspecified atom stereocenters. The standard InChI is InChI=1S/C31H39N3O3/c1-36-31(37-2)25-16-8-5-13-22(25)30(35)26(31)21-32-19-11-3-4-12-20-33-29-23-14-6-9-17-27(23)34-28-18-10-7-15-24(28)29/h5-6,8-9,13-14,16-17,26,32H,3-4,7,10-12,15,18-21H2,1-2H3,(H,33,34). The number of rotatable bonds is 12. The lowest BCUT2D eigenvalue weighted by Gasteiger charge is -2.32. The number of Topliss-reactive ketones (excluding diaryl/α,β-unsaturated/α-hetero) is 1. The summed E-state index contributed by atoms with van der Waals surface area (Å²) >= 11 is 0. The van der Waals surface area contributed by atoms with Crippen LogP contribution in [0.25, 0.3) is 10.9 Å². The predicted molar refractivity (Wildman–Crippen MR) is 148 cm³/mol. The molecule has 0 fully saturated rings. The number of ether oxygens (including phenoxy) is 2. The number of benzene rings is 2. The Balaban J connectivity index is 1.06. The Morgan fingerprint density at radius 3 is 2.49 bits per heavy atom. The average Bonchev–Trinajstić information content (AvgIpc) is 3.19. The van der Waals surface area contributed by atoms with Crippen LogP contribution in [0.5, 0.6) is 0 Å². The Hall–Kier alpha value is -2.80. The van der Waals surface area contributed by atoms with Crippen LogP contribution in [0.15, 0.2) is 48.5 Å². The lowest BCUT2D eigenvalue weighted by molar-refractivity contribution is -0.233. The molecule has 6 heteroatoms. The van der Waals surface area contributed by atoms with Crippen LogP contribution in [0.3, 0.4) is 0 Å². The molecule has 1 aromatic heterocycles. The van der Waals surface area contributed by atoms with E-state index in [1.54, 1.807) is 14.2 Å². The topological polar surface area (TPSA) is 72.5 Å². The Morgan fingerprint density at radius 1 is 0.919 bits per heavy atom. The number of carbonyl (C=O) groups excluding carboxylic acids is 1. The van der Waals surface area contributed by atoms with Crippen molar-refractivity contribution in [2.24, 2.45) is 5.92 Å². The minimum Gasteiger partial charge on any atom is -0.384 e. The maximum absolute atomic E-state index is 13.0. The fraction of sp³-hybridized carbons (Fsp3) is 0.484. The van der Waals surface area contributed by atoms with Gasteiger partial charge >= 0.3 is 0 Å². The van der Waals surface area contributed by atoms with Gasteiger partial charge < -0.3 is 20.1 Å². The van der Waals surface area contributed by atoms with Gasteiger partial charge in [-0.25, -0.2) is 0 Å². The number of pyridine rings is 1. The van der Waals surface area contributed by atoms with Gasteiger partial charge in [0.2, 0.25) is 5.79 Å². The molecular formula is C31H39N3O3. The molecule has 2 aliphatic carbocycles. The number of nitrogens with zero attached hydrogens (tertiary/aromatic N) is 1. The molecule has 5 rings (SSSR count). The van der Waals surface area contributed by atoms with Gasteiger partial charge in [-0.2, -0.15) is 0 Å². The SMILES string of the molecule is COC1(OC)c2ccccc2C(=O)C1CNCCCCCCNc1c2c(nc3ccccc13)CCCC2. The normalized spacial score (nSPS) is 18.1. The lowest BCUT2D eigenvalue weighted by atomic mass is 9.92. The van der Waals surface area contributed by atoms with Crippen LogP contribution in [0.1, 0.15) is 65.7 Å². The van der Waals surface area contributed by atoms with Gasteiger partial charge in [-0.1, -0.05) is 55.3 Å². The van der Waals surface area contributed by atoms with Gasteiger partial charge in [-0.05, 0) is 56.7 Å². The molecule has 1 atom stereocenters. The van der Waals surface area contributed by atoms with E-state index in [1.807, 2.05) is 24.3 Å². The van der Waals surface area contributed by atoms with E-state index < -0.39 is 5.79 Å². The third-order valence-corrected chi connectivity index (χ3v) is 8.05. The highest BCUT2D eigenvalue weighted by Gasteiger charge is 2.53. The molecule has 0 aliphatic heterocycles. The molecule has 2 N–H and O–H groups in total. The number of carbonyl (C=O) groups is 1. The number of methoxy groups -OCH3 is 2. The summed E-state index contributed by atoms with van der Waals surface area (Å²) in [4.78, 5) is 18.0. The smallest absolute Gasteiger partial charge is 0.206 e.